The number of nitrogens with zero attached hydrogens (tertiary/aromatic N) is 6. The third kappa shape index (κ3) is 3.04. The van der Waals surface area contributed by atoms with Gasteiger partial charge in [-0.25, -0.2) is 4.98 Å². The van der Waals surface area contributed by atoms with Gasteiger partial charge in [-0.15, -0.1) is 10.2 Å². The van der Waals surface area contributed by atoms with E-state index in [1.165, 1.54) is 18.1 Å². The fourth-order valence-electron chi connectivity index (χ4n) is 2.00. The zero-order valence-corrected chi connectivity index (χ0v) is 13.8. The van der Waals surface area contributed by atoms with E-state index < -0.39 is 0 Å². The van der Waals surface area contributed by atoms with Gasteiger partial charge in [0.2, 0.25) is 0 Å². The van der Waals surface area contributed by atoms with Crippen molar-refractivity contribution in [2.45, 2.75) is 10.2 Å². The van der Waals surface area contributed by atoms with Crippen LogP contribution >= 0.6 is 23.4 Å². The molecule has 0 radical (unpaired) electrons. The highest BCUT2D eigenvalue weighted by atomic mass is 35.5. The van der Waals surface area contributed by atoms with Gasteiger partial charge in [-0.1, -0.05) is 11.6 Å². The van der Waals surface area contributed by atoms with Crippen LogP contribution in [0.4, 0.5) is 5.82 Å². The summed E-state index contributed by atoms with van der Waals surface area (Å²) in [5, 5.41) is 29.9. The molecule has 0 aliphatic rings. The zero-order valence-electron chi connectivity index (χ0n) is 12.2. The van der Waals surface area contributed by atoms with Crippen LogP contribution in [-0.4, -0.2) is 29.5 Å². The van der Waals surface area contributed by atoms with Crippen LogP contribution in [0.1, 0.15) is 0 Å². The van der Waals surface area contributed by atoms with Crippen LogP contribution in [0.5, 0.6) is 0 Å². The van der Waals surface area contributed by atoms with Gasteiger partial charge in [0.25, 0.3) is 0 Å². The Morgan fingerprint density at radius 3 is 2.57 bits per heavy atom. The number of benzene rings is 1. The van der Waals surface area contributed by atoms with Gasteiger partial charge >= 0.3 is 0 Å². The Labute approximate surface area is 140 Å². The Morgan fingerprint density at radius 1 is 1.22 bits per heavy atom. The molecule has 1 aromatic carbocycles. The minimum absolute atomic E-state index is 0.0893. The summed E-state index contributed by atoms with van der Waals surface area (Å²) in [7, 11) is 3.54. The highest BCUT2D eigenvalue weighted by Gasteiger charge is 2.17. The molecule has 10 heteroatoms. The van der Waals surface area contributed by atoms with Gasteiger partial charge in [-0.2, -0.15) is 0 Å². The fourth-order valence-corrected chi connectivity index (χ4v) is 3.01. The largest absolute Gasteiger partial charge is 0.732 e. The molecule has 0 bridgehead atoms. The van der Waals surface area contributed by atoms with Gasteiger partial charge < -0.3 is 19.6 Å². The lowest BCUT2D eigenvalue weighted by Gasteiger charge is -2.19. The number of aryl methyl sites for hydroxylation is 1. The van der Waals surface area contributed by atoms with Gasteiger partial charge in [0, 0.05) is 24.7 Å². The molecular weight excluding hydrogens is 340 g/mol. The highest BCUT2D eigenvalue weighted by Crippen LogP contribution is 2.34. The molecule has 0 amide bonds. The van der Waals surface area contributed by atoms with Gasteiger partial charge in [-0.3, -0.25) is 5.21 Å². The van der Waals surface area contributed by atoms with Gasteiger partial charge in [0.1, 0.15) is 5.03 Å². The molecule has 0 saturated heterocycles. The number of hydrogen-bond donors (Lipinski definition) is 1. The summed E-state index contributed by atoms with van der Waals surface area (Å²) in [5.74, 6) is 0.574. The summed E-state index contributed by atoms with van der Waals surface area (Å²) in [5.41, 5.74) is 0.870. The summed E-state index contributed by atoms with van der Waals surface area (Å²) in [4.78, 5) is 3.85. The Kier molecular flexibility index (Phi) is 4.26. The molecule has 0 aliphatic carbocycles. The highest BCUT2D eigenvalue weighted by molar-refractivity contribution is 7.99. The topological polar surface area (TPSA) is 95.1 Å². The molecule has 0 unspecified atom stereocenters. The molecule has 0 spiro atoms. The standard InChI is InChI=1S/C13H12ClN6O2S/c1-18-7-15-11(20(21)22)12(18)23-13-17-16-10(19(13)2)8-3-5-9(14)6-4-8/h3-7,21H,1-2H3/q-1. The van der Waals surface area contributed by atoms with Crippen LogP contribution in [-0.2, 0) is 14.1 Å². The van der Waals surface area contributed by atoms with Gasteiger partial charge in [0.15, 0.2) is 16.8 Å². The molecular formula is C13H12ClN6O2S-. The van der Waals surface area contributed by atoms with Crippen molar-refractivity contribution in [1.82, 2.24) is 24.3 Å². The maximum Gasteiger partial charge on any atom is 0.197 e. The van der Waals surface area contributed by atoms with E-state index >= 15 is 0 Å². The minimum Gasteiger partial charge on any atom is -0.732 e. The lowest BCUT2D eigenvalue weighted by molar-refractivity contribution is 0.291. The monoisotopic (exact) mass is 351 g/mol. The summed E-state index contributed by atoms with van der Waals surface area (Å²) in [6, 6.07) is 7.25. The first-order chi connectivity index (χ1) is 11.0. The predicted molar refractivity (Wildman–Crippen MR) is 86.4 cm³/mol. The first-order valence-electron chi connectivity index (χ1n) is 6.48. The van der Waals surface area contributed by atoms with Crippen molar-refractivity contribution in [3.63, 3.8) is 0 Å². The van der Waals surface area contributed by atoms with Crippen LogP contribution in [0, 0.1) is 5.21 Å². The first-order valence-corrected chi connectivity index (χ1v) is 7.67. The first kappa shape index (κ1) is 15.8. The Bertz CT molecular complexity index is 830. The SMILES string of the molecule is Cn1cnc(N([O-])O)c1Sc1nnc(-c2ccc(Cl)cc2)n1C. The molecule has 2 heterocycles. The summed E-state index contributed by atoms with van der Waals surface area (Å²) >= 11 is 7.07. The van der Waals surface area contributed by atoms with Crippen LogP contribution in [0.25, 0.3) is 11.4 Å². The van der Waals surface area contributed by atoms with Crippen molar-refractivity contribution in [2.24, 2.45) is 14.1 Å². The minimum atomic E-state index is -0.265. The second-order valence-electron chi connectivity index (χ2n) is 4.73. The summed E-state index contributed by atoms with van der Waals surface area (Å²) in [6.45, 7) is 0. The lowest BCUT2D eigenvalue weighted by Crippen LogP contribution is -2.09. The molecule has 23 heavy (non-hydrogen) atoms. The van der Waals surface area contributed by atoms with Crippen molar-refractivity contribution in [3.8, 4) is 11.4 Å². The van der Waals surface area contributed by atoms with Crippen LogP contribution in [0.15, 0.2) is 40.8 Å². The smallest absolute Gasteiger partial charge is 0.197 e. The molecule has 3 rings (SSSR count). The molecule has 0 fully saturated rings. The average molecular weight is 352 g/mol. The van der Waals surface area contributed by atoms with Gasteiger partial charge in [-0.05, 0) is 36.0 Å². The summed E-state index contributed by atoms with van der Waals surface area (Å²) < 4.78 is 3.41. The lowest BCUT2D eigenvalue weighted by atomic mass is 10.2. The molecule has 0 aliphatic heterocycles. The van der Waals surface area contributed by atoms with Gasteiger partial charge in [0.05, 0.1) is 6.33 Å². The van der Waals surface area contributed by atoms with Crippen molar-refractivity contribution >= 4 is 29.2 Å². The number of anilines is 1. The quantitative estimate of drug-likeness (QED) is 0.722. The summed E-state index contributed by atoms with van der Waals surface area (Å²) in [6.07, 6.45) is 1.44. The van der Waals surface area contributed by atoms with Crippen LogP contribution in [0.2, 0.25) is 5.02 Å². The van der Waals surface area contributed by atoms with E-state index in [1.807, 2.05) is 19.2 Å². The molecule has 0 saturated carbocycles. The van der Waals surface area contributed by atoms with E-state index in [9.17, 15) is 5.21 Å². The van der Waals surface area contributed by atoms with Crippen molar-refractivity contribution < 1.29 is 5.21 Å². The van der Waals surface area contributed by atoms with Crippen LogP contribution < -0.4 is 5.23 Å². The molecule has 120 valence electrons. The number of hydrogen-bond acceptors (Lipinski definition) is 7. The normalized spacial score (nSPS) is 11.0. The van der Waals surface area contributed by atoms with E-state index in [4.69, 9.17) is 16.8 Å². The van der Waals surface area contributed by atoms with Crippen molar-refractivity contribution in [2.75, 3.05) is 5.23 Å². The van der Waals surface area contributed by atoms with E-state index in [2.05, 4.69) is 15.2 Å². The van der Waals surface area contributed by atoms with Crippen molar-refractivity contribution in [1.29, 1.82) is 0 Å². The third-order valence-corrected chi connectivity index (χ3v) is 4.63. The Balaban J connectivity index is 1.94. The Morgan fingerprint density at radius 2 is 1.91 bits per heavy atom. The number of imidazole rings is 1. The van der Waals surface area contributed by atoms with E-state index in [1.54, 1.807) is 28.3 Å². The second kappa shape index (κ2) is 6.20. The van der Waals surface area contributed by atoms with E-state index in [-0.39, 0.29) is 11.0 Å². The van der Waals surface area contributed by atoms with E-state index in [0.717, 1.165) is 5.56 Å². The van der Waals surface area contributed by atoms with Crippen LogP contribution in [0.3, 0.4) is 0 Å². The predicted octanol–water partition coefficient (Wildman–Crippen LogP) is 2.71. The zero-order chi connectivity index (χ0) is 16.6. The molecule has 0 atom stereocenters. The molecule has 3 aromatic rings. The fraction of sp³-hybridized carbons (Fsp3) is 0.154. The number of halogens is 1. The average Bonchev–Trinajstić information content (AvgIpc) is 3.05. The molecule has 1 N–H and O–H groups in total. The van der Waals surface area contributed by atoms with E-state index in [0.29, 0.717) is 21.0 Å². The molecule has 2 aromatic heterocycles. The second-order valence-corrected chi connectivity index (χ2v) is 6.12. The number of aromatic nitrogens is 5. The Hall–Kier alpha value is -2.07. The van der Waals surface area contributed by atoms with Crippen molar-refractivity contribution in [3.05, 3.63) is 40.8 Å². The number of rotatable bonds is 4. The maximum absolute atomic E-state index is 11.1. The third-order valence-electron chi connectivity index (χ3n) is 3.17. The molecule has 8 nitrogen and oxygen atoms in total. The maximum atomic E-state index is 11.1.